The fourth-order valence-electron chi connectivity index (χ4n) is 4.09. The summed E-state index contributed by atoms with van der Waals surface area (Å²) in [6.45, 7) is 2.80. The first-order valence-corrected chi connectivity index (χ1v) is 12.5. The molecule has 1 unspecified atom stereocenters. The summed E-state index contributed by atoms with van der Waals surface area (Å²) in [5.41, 5.74) is 4.15. The van der Waals surface area contributed by atoms with Crippen LogP contribution in [0.25, 0.3) is 10.9 Å². The third kappa shape index (κ3) is 6.97. The van der Waals surface area contributed by atoms with Crippen LogP contribution >= 0.6 is 11.6 Å². The van der Waals surface area contributed by atoms with Crippen LogP contribution in [-0.2, 0) is 29.0 Å². The van der Waals surface area contributed by atoms with Gasteiger partial charge < -0.3 is 20.9 Å². The van der Waals surface area contributed by atoms with Crippen molar-refractivity contribution >= 4 is 34.3 Å². The number of amides is 2. The van der Waals surface area contributed by atoms with Crippen molar-refractivity contribution in [1.29, 1.82) is 0 Å². The van der Waals surface area contributed by atoms with Gasteiger partial charge in [0.05, 0.1) is 6.04 Å². The van der Waals surface area contributed by atoms with Gasteiger partial charge in [0.25, 0.3) is 0 Å². The predicted octanol–water partition coefficient (Wildman–Crippen LogP) is 4.39. The van der Waals surface area contributed by atoms with Crippen LogP contribution < -0.4 is 16.0 Å². The third-order valence-corrected chi connectivity index (χ3v) is 6.46. The molecule has 1 aromatic heterocycles. The number of carbonyl (C=O) groups is 2. The minimum absolute atomic E-state index is 0.200. The fourth-order valence-corrected chi connectivity index (χ4v) is 4.22. The van der Waals surface area contributed by atoms with Gasteiger partial charge in [-0.15, -0.1) is 0 Å². The number of para-hydroxylation sites is 1. The summed E-state index contributed by atoms with van der Waals surface area (Å²) in [4.78, 5) is 29.5. The number of benzene rings is 3. The Balaban J connectivity index is 1.40. The van der Waals surface area contributed by atoms with Crippen molar-refractivity contribution in [2.75, 3.05) is 6.54 Å². The molecule has 7 heteroatoms. The number of aromatic nitrogens is 1. The van der Waals surface area contributed by atoms with Crippen LogP contribution in [0, 0.1) is 0 Å². The van der Waals surface area contributed by atoms with Crippen molar-refractivity contribution in [3.8, 4) is 0 Å². The molecule has 36 heavy (non-hydrogen) atoms. The summed E-state index contributed by atoms with van der Waals surface area (Å²) in [6.07, 6.45) is 3.01. The maximum atomic E-state index is 13.2. The van der Waals surface area contributed by atoms with Crippen molar-refractivity contribution < 1.29 is 9.59 Å². The summed E-state index contributed by atoms with van der Waals surface area (Å²) >= 11 is 5.95. The highest BCUT2D eigenvalue weighted by Gasteiger charge is 2.24. The number of nitrogens with one attached hydrogen (secondary N) is 4. The summed E-state index contributed by atoms with van der Waals surface area (Å²) in [7, 11) is 0. The molecule has 3 aromatic carbocycles. The summed E-state index contributed by atoms with van der Waals surface area (Å²) in [5, 5.41) is 10.9. The summed E-state index contributed by atoms with van der Waals surface area (Å²) in [6, 6.07) is 24.2. The Hall–Kier alpha value is -3.61. The molecule has 0 aliphatic rings. The predicted molar refractivity (Wildman–Crippen MR) is 145 cm³/mol. The number of aromatic amines is 1. The van der Waals surface area contributed by atoms with E-state index in [4.69, 9.17) is 11.6 Å². The first kappa shape index (κ1) is 25.5. The van der Waals surface area contributed by atoms with E-state index in [0.717, 1.165) is 34.0 Å². The molecule has 0 aliphatic heterocycles. The zero-order chi connectivity index (χ0) is 25.3. The van der Waals surface area contributed by atoms with Crippen molar-refractivity contribution in [3.63, 3.8) is 0 Å². The van der Waals surface area contributed by atoms with Crippen LogP contribution in [0.2, 0.25) is 5.02 Å². The maximum absolute atomic E-state index is 13.2. The zero-order valence-electron chi connectivity index (χ0n) is 20.3. The van der Waals surface area contributed by atoms with Gasteiger partial charge in [-0.05, 0) is 48.2 Å². The second-order valence-corrected chi connectivity index (χ2v) is 9.32. The summed E-state index contributed by atoms with van der Waals surface area (Å²) < 4.78 is 0. The Bertz CT molecular complexity index is 1290. The van der Waals surface area contributed by atoms with E-state index in [1.54, 1.807) is 6.92 Å². The van der Waals surface area contributed by atoms with Crippen LogP contribution in [0.15, 0.2) is 85.1 Å². The van der Waals surface area contributed by atoms with Gasteiger partial charge in [0.15, 0.2) is 0 Å². The maximum Gasteiger partial charge on any atom is 0.242 e. The second kappa shape index (κ2) is 12.4. The smallest absolute Gasteiger partial charge is 0.242 e. The molecule has 0 saturated carbocycles. The first-order valence-electron chi connectivity index (χ1n) is 12.1. The lowest BCUT2D eigenvalue weighted by Crippen LogP contribution is -2.53. The van der Waals surface area contributed by atoms with Crippen LogP contribution in [0.5, 0.6) is 0 Å². The Kier molecular flexibility index (Phi) is 8.76. The van der Waals surface area contributed by atoms with Gasteiger partial charge in [-0.1, -0.05) is 72.3 Å². The fraction of sp³-hybridized carbons (Fsp3) is 0.241. The zero-order valence-corrected chi connectivity index (χ0v) is 21.0. The lowest BCUT2D eigenvalue weighted by molar-refractivity contribution is -0.129. The van der Waals surface area contributed by atoms with Gasteiger partial charge in [0.2, 0.25) is 11.8 Å². The minimum atomic E-state index is -0.702. The number of fused-ring (bicyclic) bond motifs is 1. The standard InChI is InChI=1S/C29H31ClN4O2/c1-20(32-18-22-11-13-24(30)14-12-22)28(35)34-27(17-23-19-33-26-10-6-5-9-25(23)26)29(36)31-16-15-21-7-3-2-4-8-21/h2-14,19-20,27,32-33H,15-18H2,1H3,(H,31,36)(H,34,35)/t20?,27-/m1/s1. The molecule has 0 fully saturated rings. The van der Waals surface area contributed by atoms with Gasteiger partial charge in [-0.2, -0.15) is 0 Å². The van der Waals surface area contributed by atoms with Crippen molar-refractivity contribution in [3.05, 3.63) is 107 Å². The van der Waals surface area contributed by atoms with Gasteiger partial charge >= 0.3 is 0 Å². The molecule has 0 spiro atoms. The van der Waals surface area contributed by atoms with Crippen molar-refractivity contribution in [1.82, 2.24) is 20.9 Å². The van der Waals surface area contributed by atoms with Crippen molar-refractivity contribution in [2.45, 2.75) is 38.4 Å². The molecule has 1 heterocycles. The molecular formula is C29H31ClN4O2. The molecule has 2 atom stereocenters. The largest absolute Gasteiger partial charge is 0.361 e. The highest BCUT2D eigenvalue weighted by molar-refractivity contribution is 6.30. The van der Waals surface area contributed by atoms with E-state index < -0.39 is 12.1 Å². The van der Waals surface area contributed by atoms with Gasteiger partial charge in [-0.3, -0.25) is 9.59 Å². The molecule has 186 valence electrons. The molecule has 2 amide bonds. The number of hydrogen-bond donors (Lipinski definition) is 4. The Morgan fingerprint density at radius 1 is 0.889 bits per heavy atom. The van der Waals surface area contributed by atoms with Crippen LogP contribution in [0.3, 0.4) is 0 Å². The van der Waals surface area contributed by atoms with E-state index in [9.17, 15) is 9.59 Å². The normalized spacial score (nSPS) is 12.7. The average Bonchev–Trinajstić information content (AvgIpc) is 3.31. The highest BCUT2D eigenvalue weighted by Crippen LogP contribution is 2.19. The molecular weight excluding hydrogens is 472 g/mol. The van der Waals surface area contributed by atoms with Crippen molar-refractivity contribution in [2.24, 2.45) is 0 Å². The molecule has 0 saturated heterocycles. The molecule has 4 N–H and O–H groups in total. The second-order valence-electron chi connectivity index (χ2n) is 8.88. The Morgan fingerprint density at radius 3 is 2.39 bits per heavy atom. The third-order valence-electron chi connectivity index (χ3n) is 6.21. The SMILES string of the molecule is CC(NCc1ccc(Cl)cc1)C(=O)N[C@H](Cc1c[nH]c2ccccc12)C(=O)NCCc1ccccc1. The molecule has 0 aliphatic carbocycles. The Labute approximate surface area is 216 Å². The van der Waals surface area contributed by atoms with E-state index in [1.807, 2.05) is 85.1 Å². The quantitative estimate of drug-likeness (QED) is 0.245. The van der Waals surface area contributed by atoms with E-state index >= 15 is 0 Å². The molecule has 0 radical (unpaired) electrons. The number of hydrogen-bond acceptors (Lipinski definition) is 3. The lowest BCUT2D eigenvalue weighted by atomic mass is 10.0. The molecule has 0 bridgehead atoms. The monoisotopic (exact) mass is 502 g/mol. The number of carbonyl (C=O) groups excluding carboxylic acids is 2. The van der Waals surface area contributed by atoms with Gasteiger partial charge in [0.1, 0.15) is 6.04 Å². The van der Waals surface area contributed by atoms with Gasteiger partial charge in [0, 0.05) is 41.6 Å². The number of H-pyrrole nitrogens is 1. The summed E-state index contributed by atoms with van der Waals surface area (Å²) in [5.74, 6) is -0.429. The van der Waals surface area contributed by atoms with E-state index in [2.05, 4.69) is 20.9 Å². The van der Waals surface area contributed by atoms with E-state index in [1.165, 1.54) is 0 Å². The molecule has 6 nitrogen and oxygen atoms in total. The van der Waals surface area contributed by atoms with Gasteiger partial charge in [-0.25, -0.2) is 0 Å². The highest BCUT2D eigenvalue weighted by atomic mass is 35.5. The molecule has 4 rings (SSSR count). The molecule has 4 aromatic rings. The number of halogens is 1. The minimum Gasteiger partial charge on any atom is -0.361 e. The first-order chi connectivity index (χ1) is 17.5. The number of rotatable bonds is 11. The van der Waals surface area contributed by atoms with E-state index in [0.29, 0.717) is 24.5 Å². The van der Waals surface area contributed by atoms with Crippen LogP contribution in [-0.4, -0.2) is 35.4 Å². The van der Waals surface area contributed by atoms with E-state index in [-0.39, 0.29) is 11.8 Å². The van der Waals surface area contributed by atoms with Crippen LogP contribution in [0.4, 0.5) is 0 Å². The lowest BCUT2D eigenvalue weighted by Gasteiger charge is -2.21. The topological polar surface area (TPSA) is 86.0 Å². The Morgan fingerprint density at radius 2 is 1.61 bits per heavy atom. The average molecular weight is 503 g/mol. The van der Waals surface area contributed by atoms with Crippen LogP contribution in [0.1, 0.15) is 23.6 Å².